The molecule has 1 atom stereocenters. The van der Waals surface area contributed by atoms with Gasteiger partial charge in [-0.3, -0.25) is 0 Å². The molecule has 0 bridgehead atoms. The first kappa shape index (κ1) is 15.5. The molecule has 0 aliphatic rings. The van der Waals surface area contributed by atoms with Gasteiger partial charge in [0, 0.05) is 0 Å². The zero-order valence-electron chi connectivity index (χ0n) is 13.2. The van der Waals surface area contributed by atoms with Gasteiger partial charge in [-0.05, 0) is 23.7 Å². The van der Waals surface area contributed by atoms with Crippen molar-refractivity contribution in [1.82, 2.24) is 5.32 Å². The second kappa shape index (κ2) is 6.78. The van der Waals surface area contributed by atoms with Crippen molar-refractivity contribution in [3.63, 3.8) is 0 Å². The third-order valence-electron chi connectivity index (χ3n) is 4.27. The second-order valence-electron chi connectivity index (χ2n) is 5.63. The van der Waals surface area contributed by atoms with Crippen LogP contribution in [0.4, 0.5) is 0 Å². The van der Waals surface area contributed by atoms with Crippen LogP contribution in [0, 0.1) is 0 Å². The van der Waals surface area contributed by atoms with Crippen LogP contribution < -0.4 is 5.32 Å². The number of benzene rings is 3. The molecule has 0 aliphatic heterocycles. The molecule has 0 saturated heterocycles. The molecule has 0 radical (unpaired) electrons. The molecule has 2 N–H and O–H groups in total. The Morgan fingerprint density at radius 3 is 1.48 bits per heavy atom. The molecule has 3 aromatic rings. The highest BCUT2D eigenvalue weighted by Crippen LogP contribution is 2.40. The summed E-state index contributed by atoms with van der Waals surface area (Å²) in [5, 5.41) is 15.1. The molecule has 2 heteroatoms. The van der Waals surface area contributed by atoms with E-state index in [4.69, 9.17) is 0 Å². The zero-order chi connectivity index (χ0) is 16.1. The average molecular weight is 303 g/mol. The van der Waals surface area contributed by atoms with E-state index in [9.17, 15) is 5.11 Å². The maximum Gasteiger partial charge on any atom is 0.134 e. The van der Waals surface area contributed by atoms with Gasteiger partial charge in [-0.2, -0.15) is 0 Å². The van der Waals surface area contributed by atoms with Crippen LogP contribution in [-0.4, -0.2) is 12.2 Å². The Kier molecular flexibility index (Phi) is 4.56. The van der Waals surface area contributed by atoms with Gasteiger partial charge in [0.05, 0.1) is 6.04 Å². The highest BCUT2D eigenvalue weighted by atomic mass is 16.3. The molecule has 0 saturated carbocycles. The SMILES string of the molecule is CN[C@H](c1ccccc1)C(O)(c1ccccc1)c1ccccc1. The Bertz CT molecular complexity index is 686. The molecular formula is C21H21NO. The summed E-state index contributed by atoms with van der Waals surface area (Å²) in [6, 6.07) is 29.5. The number of nitrogens with one attached hydrogen (secondary N) is 1. The van der Waals surface area contributed by atoms with Gasteiger partial charge >= 0.3 is 0 Å². The van der Waals surface area contributed by atoms with Gasteiger partial charge in [0.15, 0.2) is 0 Å². The smallest absolute Gasteiger partial charge is 0.134 e. The Morgan fingerprint density at radius 2 is 1.09 bits per heavy atom. The van der Waals surface area contributed by atoms with E-state index >= 15 is 0 Å². The van der Waals surface area contributed by atoms with Crippen LogP contribution >= 0.6 is 0 Å². The van der Waals surface area contributed by atoms with E-state index < -0.39 is 5.60 Å². The molecule has 0 fully saturated rings. The van der Waals surface area contributed by atoms with Crippen LogP contribution in [0.5, 0.6) is 0 Å². The fraction of sp³-hybridized carbons (Fsp3) is 0.143. The lowest BCUT2D eigenvalue weighted by atomic mass is 9.77. The lowest BCUT2D eigenvalue weighted by molar-refractivity contribution is 0.0392. The Morgan fingerprint density at radius 1 is 0.696 bits per heavy atom. The number of likely N-dealkylation sites (N-methyl/N-ethyl adjacent to an activating group) is 1. The van der Waals surface area contributed by atoms with Crippen molar-refractivity contribution in [2.75, 3.05) is 7.05 Å². The highest BCUT2D eigenvalue weighted by molar-refractivity contribution is 5.41. The fourth-order valence-electron chi connectivity index (χ4n) is 3.15. The topological polar surface area (TPSA) is 32.3 Å². The molecular weight excluding hydrogens is 282 g/mol. The lowest BCUT2D eigenvalue weighted by Crippen LogP contribution is -2.41. The molecule has 3 rings (SSSR count). The standard InChI is InChI=1S/C21H21NO/c1-22-20(17-11-5-2-6-12-17)21(23,18-13-7-3-8-14-18)19-15-9-4-10-16-19/h2-16,20,22-23H,1H3/t20-/m1/s1. The molecule has 0 spiro atoms. The van der Waals surface area contributed by atoms with E-state index in [1.54, 1.807) is 0 Å². The summed E-state index contributed by atoms with van der Waals surface area (Å²) in [5.41, 5.74) is 1.63. The molecule has 0 aromatic heterocycles. The number of aliphatic hydroxyl groups is 1. The van der Waals surface area contributed by atoms with Crippen LogP contribution in [0.3, 0.4) is 0 Å². The van der Waals surface area contributed by atoms with Crippen molar-refractivity contribution in [2.45, 2.75) is 11.6 Å². The van der Waals surface area contributed by atoms with E-state index in [2.05, 4.69) is 5.32 Å². The maximum atomic E-state index is 11.8. The largest absolute Gasteiger partial charge is 0.378 e. The Balaban J connectivity index is 2.19. The van der Waals surface area contributed by atoms with Crippen molar-refractivity contribution in [3.05, 3.63) is 108 Å². The van der Waals surface area contributed by atoms with Gasteiger partial charge in [0.2, 0.25) is 0 Å². The molecule has 0 heterocycles. The summed E-state index contributed by atoms with van der Waals surface area (Å²) in [7, 11) is 1.88. The van der Waals surface area contributed by atoms with Gasteiger partial charge in [0.1, 0.15) is 5.60 Å². The van der Waals surface area contributed by atoms with Gasteiger partial charge in [-0.1, -0.05) is 91.0 Å². The number of rotatable bonds is 5. The second-order valence-corrected chi connectivity index (χ2v) is 5.63. The Labute approximate surface area is 137 Å². The van der Waals surface area contributed by atoms with E-state index in [0.717, 1.165) is 16.7 Å². The van der Waals surface area contributed by atoms with Crippen molar-refractivity contribution in [2.24, 2.45) is 0 Å². The summed E-state index contributed by atoms with van der Waals surface area (Å²) in [5.74, 6) is 0. The predicted octanol–water partition coefficient (Wildman–Crippen LogP) is 3.88. The quantitative estimate of drug-likeness (QED) is 0.749. The summed E-state index contributed by atoms with van der Waals surface area (Å²) >= 11 is 0. The van der Waals surface area contributed by atoms with Gasteiger partial charge in [-0.15, -0.1) is 0 Å². The van der Waals surface area contributed by atoms with E-state index in [0.29, 0.717) is 0 Å². The van der Waals surface area contributed by atoms with E-state index in [1.807, 2.05) is 98.0 Å². The van der Waals surface area contributed by atoms with Crippen LogP contribution in [0.2, 0.25) is 0 Å². The van der Waals surface area contributed by atoms with Gasteiger partial charge in [-0.25, -0.2) is 0 Å². The molecule has 0 aliphatic carbocycles. The molecule has 3 aromatic carbocycles. The van der Waals surface area contributed by atoms with Crippen LogP contribution in [0.25, 0.3) is 0 Å². The third kappa shape index (κ3) is 2.91. The van der Waals surface area contributed by atoms with Crippen molar-refractivity contribution in [1.29, 1.82) is 0 Å². The van der Waals surface area contributed by atoms with Gasteiger partial charge in [0.25, 0.3) is 0 Å². The first-order valence-electron chi connectivity index (χ1n) is 7.82. The fourth-order valence-corrected chi connectivity index (χ4v) is 3.15. The average Bonchev–Trinajstić information content (AvgIpc) is 2.64. The summed E-state index contributed by atoms with van der Waals surface area (Å²) in [4.78, 5) is 0. The minimum absolute atomic E-state index is 0.256. The monoisotopic (exact) mass is 303 g/mol. The zero-order valence-corrected chi connectivity index (χ0v) is 13.2. The Hall–Kier alpha value is -2.42. The molecule has 0 unspecified atom stereocenters. The van der Waals surface area contributed by atoms with Crippen molar-refractivity contribution >= 4 is 0 Å². The van der Waals surface area contributed by atoms with Crippen LogP contribution in [0.15, 0.2) is 91.0 Å². The predicted molar refractivity (Wildman–Crippen MR) is 94.1 cm³/mol. The summed E-state index contributed by atoms with van der Waals surface area (Å²) < 4.78 is 0. The van der Waals surface area contributed by atoms with E-state index in [-0.39, 0.29) is 6.04 Å². The molecule has 2 nitrogen and oxygen atoms in total. The summed E-state index contributed by atoms with van der Waals surface area (Å²) in [6.45, 7) is 0. The number of hydrogen-bond acceptors (Lipinski definition) is 2. The molecule has 23 heavy (non-hydrogen) atoms. The van der Waals surface area contributed by atoms with Crippen molar-refractivity contribution in [3.8, 4) is 0 Å². The van der Waals surface area contributed by atoms with E-state index in [1.165, 1.54) is 0 Å². The highest BCUT2D eigenvalue weighted by Gasteiger charge is 2.40. The third-order valence-corrected chi connectivity index (χ3v) is 4.27. The lowest BCUT2D eigenvalue weighted by Gasteiger charge is -2.37. The molecule has 0 amide bonds. The minimum atomic E-state index is -1.15. The maximum absolute atomic E-state index is 11.8. The van der Waals surface area contributed by atoms with Crippen LogP contribution in [0.1, 0.15) is 22.7 Å². The van der Waals surface area contributed by atoms with Crippen LogP contribution in [-0.2, 0) is 5.60 Å². The van der Waals surface area contributed by atoms with Gasteiger partial charge < -0.3 is 10.4 Å². The molecule has 116 valence electrons. The number of hydrogen-bond donors (Lipinski definition) is 2. The normalized spacial score (nSPS) is 12.8. The summed E-state index contributed by atoms with van der Waals surface area (Å²) in [6.07, 6.45) is 0. The van der Waals surface area contributed by atoms with Crippen molar-refractivity contribution < 1.29 is 5.11 Å². The first-order chi connectivity index (χ1) is 11.3. The minimum Gasteiger partial charge on any atom is -0.378 e. The first-order valence-corrected chi connectivity index (χ1v) is 7.82.